The molecule has 1 rings (SSSR count). The highest BCUT2D eigenvalue weighted by Gasteiger charge is 2.26. The number of amides is 1. The zero-order valence-corrected chi connectivity index (χ0v) is 5.73. The Kier molecular flexibility index (Phi) is 2.06. The topological polar surface area (TPSA) is 40.5 Å². The van der Waals surface area contributed by atoms with E-state index < -0.39 is 0 Å². The lowest BCUT2D eigenvalue weighted by atomic mass is 10.2. The van der Waals surface area contributed by atoms with Crippen LogP contribution < -0.4 is 0 Å². The molecule has 2 atom stereocenters. The third-order valence-corrected chi connectivity index (χ3v) is 1.77. The third-order valence-electron chi connectivity index (χ3n) is 1.77. The molecular formula is C7H11NO2. The van der Waals surface area contributed by atoms with Gasteiger partial charge in [-0.2, -0.15) is 0 Å². The van der Waals surface area contributed by atoms with Crippen molar-refractivity contribution in [2.75, 3.05) is 6.54 Å². The van der Waals surface area contributed by atoms with Crippen LogP contribution in [0, 0.1) is 0 Å². The summed E-state index contributed by atoms with van der Waals surface area (Å²) in [5.41, 5.74) is 0. The molecule has 1 aliphatic heterocycles. The van der Waals surface area contributed by atoms with E-state index in [4.69, 9.17) is 5.11 Å². The summed E-state index contributed by atoms with van der Waals surface area (Å²) in [7, 11) is 0. The minimum absolute atomic E-state index is 0.0347. The molecule has 3 nitrogen and oxygen atoms in total. The van der Waals surface area contributed by atoms with Crippen LogP contribution in [-0.2, 0) is 4.79 Å². The minimum Gasteiger partial charge on any atom is -0.391 e. The Bertz CT molecular complexity index is 131. The molecule has 2 unspecified atom stereocenters. The summed E-state index contributed by atoms with van der Waals surface area (Å²) >= 11 is 0. The fraction of sp³-hybridized carbons (Fsp3) is 0.571. The van der Waals surface area contributed by atoms with E-state index in [1.807, 2.05) is 0 Å². The Morgan fingerprint density at radius 3 is 2.80 bits per heavy atom. The summed E-state index contributed by atoms with van der Waals surface area (Å²) in [5, 5.41) is 9.08. The molecule has 0 aromatic carbocycles. The molecule has 10 heavy (non-hydrogen) atoms. The van der Waals surface area contributed by atoms with Crippen LogP contribution in [0.3, 0.4) is 0 Å². The zero-order chi connectivity index (χ0) is 7.56. The first-order chi connectivity index (χ1) is 4.77. The lowest BCUT2D eigenvalue weighted by Crippen LogP contribution is -2.26. The average molecular weight is 141 g/mol. The smallest absolute Gasteiger partial charge is 0.210 e. The van der Waals surface area contributed by atoms with E-state index in [1.165, 1.54) is 0 Å². The largest absolute Gasteiger partial charge is 0.391 e. The number of aliphatic hydroxyl groups excluding tert-OH is 1. The first-order valence-electron chi connectivity index (χ1n) is 3.29. The van der Waals surface area contributed by atoms with E-state index in [9.17, 15) is 4.79 Å². The zero-order valence-electron chi connectivity index (χ0n) is 5.73. The highest BCUT2D eigenvalue weighted by molar-refractivity contribution is 5.49. The van der Waals surface area contributed by atoms with E-state index in [2.05, 4.69) is 6.58 Å². The van der Waals surface area contributed by atoms with Gasteiger partial charge in [-0.05, 0) is 6.42 Å². The molecule has 0 spiro atoms. The van der Waals surface area contributed by atoms with Crippen LogP contribution >= 0.6 is 0 Å². The number of hydrogen-bond donors (Lipinski definition) is 1. The van der Waals surface area contributed by atoms with E-state index in [0.29, 0.717) is 13.0 Å². The summed E-state index contributed by atoms with van der Waals surface area (Å²) in [6.07, 6.45) is 2.70. The van der Waals surface area contributed by atoms with Gasteiger partial charge in [-0.3, -0.25) is 4.79 Å². The molecule has 0 saturated carbocycles. The summed E-state index contributed by atoms with van der Waals surface area (Å²) in [4.78, 5) is 11.8. The number of nitrogens with zero attached hydrogens (tertiary/aromatic N) is 1. The molecule has 1 amide bonds. The summed E-state index contributed by atoms with van der Waals surface area (Å²) in [6, 6.07) is 0.0347. The molecule has 0 aliphatic carbocycles. The monoisotopic (exact) mass is 141 g/mol. The van der Waals surface area contributed by atoms with E-state index in [0.717, 1.165) is 6.41 Å². The Labute approximate surface area is 59.9 Å². The number of carbonyl (C=O) groups excluding carboxylic acids is 1. The molecule has 1 aliphatic rings. The predicted molar refractivity (Wildman–Crippen MR) is 37.4 cm³/mol. The number of β-amino-alcohol motifs (C(OH)–C–C–N with tert-alkyl or cyclic N) is 1. The standard InChI is InChI=1S/C7H11NO2/c1-2-6-3-7(10)4-8(6)5-9/h2,5-7,10H,1,3-4H2. The van der Waals surface area contributed by atoms with Gasteiger partial charge in [-0.15, -0.1) is 6.58 Å². The van der Waals surface area contributed by atoms with Gasteiger partial charge in [0.25, 0.3) is 0 Å². The summed E-state index contributed by atoms with van der Waals surface area (Å²) in [5.74, 6) is 0. The SMILES string of the molecule is C=CC1CC(O)CN1C=O. The Morgan fingerprint density at radius 2 is 2.40 bits per heavy atom. The van der Waals surface area contributed by atoms with Crippen molar-refractivity contribution in [1.29, 1.82) is 0 Å². The lowest BCUT2D eigenvalue weighted by Gasteiger charge is -2.14. The second-order valence-corrected chi connectivity index (χ2v) is 2.49. The second-order valence-electron chi connectivity index (χ2n) is 2.49. The van der Waals surface area contributed by atoms with Crippen molar-refractivity contribution < 1.29 is 9.90 Å². The molecule has 0 radical (unpaired) electrons. The molecule has 56 valence electrons. The van der Waals surface area contributed by atoms with Gasteiger partial charge < -0.3 is 10.0 Å². The molecule has 1 fully saturated rings. The van der Waals surface area contributed by atoms with Gasteiger partial charge in [0.1, 0.15) is 0 Å². The van der Waals surface area contributed by atoms with Crippen LogP contribution in [0.4, 0.5) is 0 Å². The second kappa shape index (κ2) is 2.84. The van der Waals surface area contributed by atoms with Crippen LogP contribution in [0.1, 0.15) is 6.42 Å². The summed E-state index contributed by atoms with van der Waals surface area (Å²) in [6.45, 7) is 4.01. The van der Waals surface area contributed by atoms with E-state index >= 15 is 0 Å². The average Bonchev–Trinajstić information content (AvgIpc) is 2.30. The summed E-state index contributed by atoms with van der Waals surface area (Å²) < 4.78 is 0. The van der Waals surface area contributed by atoms with Gasteiger partial charge in [-0.1, -0.05) is 6.08 Å². The molecule has 0 aromatic rings. The fourth-order valence-electron chi connectivity index (χ4n) is 1.22. The molecule has 1 N–H and O–H groups in total. The van der Waals surface area contributed by atoms with Crippen molar-refractivity contribution in [3.8, 4) is 0 Å². The Hall–Kier alpha value is -0.830. The van der Waals surface area contributed by atoms with Crippen LogP contribution in [0.15, 0.2) is 12.7 Å². The lowest BCUT2D eigenvalue weighted by molar-refractivity contribution is -0.118. The van der Waals surface area contributed by atoms with Crippen molar-refractivity contribution in [2.24, 2.45) is 0 Å². The highest BCUT2D eigenvalue weighted by atomic mass is 16.3. The molecule has 1 heterocycles. The van der Waals surface area contributed by atoms with Gasteiger partial charge in [-0.25, -0.2) is 0 Å². The van der Waals surface area contributed by atoms with Crippen LogP contribution in [0.2, 0.25) is 0 Å². The number of likely N-dealkylation sites (tertiary alicyclic amines) is 1. The van der Waals surface area contributed by atoms with Crippen molar-refractivity contribution in [3.05, 3.63) is 12.7 Å². The first kappa shape index (κ1) is 7.28. The normalized spacial score (nSPS) is 32.3. The molecule has 0 bridgehead atoms. The van der Waals surface area contributed by atoms with Crippen LogP contribution in [0.25, 0.3) is 0 Å². The molecule has 0 aromatic heterocycles. The fourth-order valence-corrected chi connectivity index (χ4v) is 1.22. The number of carbonyl (C=O) groups is 1. The van der Waals surface area contributed by atoms with Crippen LogP contribution in [-0.4, -0.2) is 35.1 Å². The van der Waals surface area contributed by atoms with Crippen molar-refractivity contribution in [1.82, 2.24) is 4.90 Å². The minimum atomic E-state index is -0.367. The molecular weight excluding hydrogens is 130 g/mol. The third kappa shape index (κ3) is 1.19. The van der Waals surface area contributed by atoms with Gasteiger partial charge in [0.2, 0.25) is 6.41 Å². The van der Waals surface area contributed by atoms with E-state index in [-0.39, 0.29) is 12.1 Å². The molecule has 3 heteroatoms. The molecule has 1 saturated heterocycles. The van der Waals surface area contributed by atoms with Gasteiger partial charge >= 0.3 is 0 Å². The highest BCUT2D eigenvalue weighted by Crippen LogP contribution is 2.15. The number of rotatable bonds is 2. The van der Waals surface area contributed by atoms with Crippen LogP contribution in [0.5, 0.6) is 0 Å². The van der Waals surface area contributed by atoms with Gasteiger partial charge in [0.05, 0.1) is 12.1 Å². The maximum atomic E-state index is 10.3. The quantitative estimate of drug-likeness (QED) is 0.426. The predicted octanol–water partition coefficient (Wildman–Crippen LogP) is -0.236. The number of hydrogen-bond acceptors (Lipinski definition) is 2. The van der Waals surface area contributed by atoms with E-state index in [1.54, 1.807) is 11.0 Å². The van der Waals surface area contributed by atoms with Crippen molar-refractivity contribution in [2.45, 2.75) is 18.6 Å². The first-order valence-corrected chi connectivity index (χ1v) is 3.29. The number of aliphatic hydroxyl groups is 1. The van der Waals surface area contributed by atoms with Gasteiger partial charge in [0, 0.05) is 6.54 Å². The maximum absolute atomic E-state index is 10.3. The maximum Gasteiger partial charge on any atom is 0.210 e. The Morgan fingerprint density at radius 1 is 1.70 bits per heavy atom. The van der Waals surface area contributed by atoms with Gasteiger partial charge in [0.15, 0.2) is 0 Å². The van der Waals surface area contributed by atoms with Crippen molar-refractivity contribution >= 4 is 6.41 Å². The van der Waals surface area contributed by atoms with Crippen molar-refractivity contribution in [3.63, 3.8) is 0 Å². The Balaban J connectivity index is 2.56.